The van der Waals surface area contributed by atoms with Crippen LogP contribution in [-0.2, 0) is 9.53 Å². The minimum absolute atomic E-state index is 0.00233. The first kappa shape index (κ1) is 53.1. The predicted molar refractivity (Wildman–Crippen MR) is 244 cm³/mol. The zero-order chi connectivity index (χ0) is 39.7. The number of thiocarbonyl (C=S) groups is 1. The minimum Gasteiger partial charge on any atom is -0.465 e. The summed E-state index contributed by atoms with van der Waals surface area (Å²) in [6.45, 7) is 14.2. The highest BCUT2D eigenvalue weighted by atomic mass is 32.1. The number of carbonyl (C=O) groups is 1. The Kier molecular flexibility index (Phi) is 41.1. The Morgan fingerprint density at radius 1 is 0.537 bits per heavy atom. The van der Waals surface area contributed by atoms with Crippen molar-refractivity contribution in [3.63, 3.8) is 0 Å². The van der Waals surface area contributed by atoms with E-state index in [2.05, 4.69) is 37.9 Å². The van der Waals surface area contributed by atoms with Crippen LogP contribution in [0.3, 0.4) is 0 Å². The van der Waals surface area contributed by atoms with Crippen LogP contribution in [0.4, 0.5) is 0 Å². The molecule has 0 saturated heterocycles. The molecule has 6 heteroatoms. The van der Waals surface area contributed by atoms with Gasteiger partial charge in [-0.1, -0.05) is 201 Å². The van der Waals surface area contributed by atoms with Crippen molar-refractivity contribution in [1.29, 1.82) is 0 Å². The number of rotatable bonds is 42. The van der Waals surface area contributed by atoms with Crippen LogP contribution < -0.4 is 5.32 Å². The van der Waals surface area contributed by atoms with Crippen molar-refractivity contribution in [2.24, 2.45) is 11.8 Å². The molecule has 0 fully saturated rings. The standard InChI is InChI=1S/C48H97N3O2S/c1-7-10-13-16-21-28-36-46(37-29-22-17-14-11-8-2)38-30-23-18-25-32-41-51(43-34-40-49-48(54)50(5)6)42-33-26-19-24-31-39-47(52)53-44-45(4)35-27-20-15-12-9-3/h45-46H,7-44H2,1-6H3,(H,49,54). The van der Waals surface area contributed by atoms with Crippen molar-refractivity contribution in [3.8, 4) is 0 Å². The lowest BCUT2D eigenvalue weighted by atomic mass is 9.89. The maximum absolute atomic E-state index is 12.3. The average Bonchev–Trinajstić information content (AvgIpc) is 3.16. The van der Waals surface area contributed by atoms with E-state index in [1.54, 1.807) is 0 Å². The summed E-state index contributed by atoms with van der Waals surface area (Å²) in [6.07, 6.45) is 43.8. The van der Waals surface area contributed by atoms with E-state index in [-0.39, 0.29) is 5.97 Å². The predicted octanol–water partition coefficient (Wildman–Crippen LogP) is 14.5. The van der Waals surface area contributed by atoms with Gasteiger partial charge in [0.2, 0.25) is 0 Å². The fourth-order valence-electron chi connectivity index (χ4n) is 7.77. The normalized spacial score (nSPS) is 12.1. The Morgan fingerprint density at radius 2 is 0.926 bits per heavy atom. The van der Waals surface area contributed by atoms with Gasteiger partial charge in [-0.25, -0.2) is 0 Å². The van der Waals surface area contributed by atoms with Gasteiger partial charge in [0, 0.05) is 27.1 Å². The van der Waals surface area contributed by atoms with Crippen LogP contribution >= 0.6 is 12.2 Å². The largest absolute Gasteiger partial charge is 0.465 e. The third-order valence-electron chi connectivity index (χ3n) is 11.5. The molecule has 0 aliphatic carbocycles. The summed E-state index contributed by atoms with van der Waals surface area (Å²) in [5.74, 6) is 1.46. The van der Waals surface area contributed by atoms with Crippen LogP contribution in [-0.4, -0.2) is 67.8 Å². The molecule has 0 saturated carbocycles. The van der Waals surface area contributed by atoms with E-state index < -0.39 is 0 Å². The lowest BCUT2D eigenvalue weighted by molar-refractivity contribution is -0.145. The Bertz CT molecular complexity index is 778. The molecule has 1 unspecified atom stereocenters. The highest BCUT2D eigenvalue weighted by molar-refractivity contribution is 7.80. The second-order valence-electron chi connectivity index (χ2n) is 17.4. The summed E-state index contributed by atoms with van der Waals surface area (Å²) in [6, 6.07) is 0. The molecule has 322 valence electrons. The molecule has 0 radical (unpaired) electrons. The highest BCUT2D eigenvalue weighted by Gasteiger charge is 2.11. The Labute approximate surface area is 345 Å². The van der Waals surface area contributed by atoms with Crippen molar-refractivity contribution >= 4 is 23.3 Å². The van der Waals surface area contributed by atoms with E-state index in [1.165, 1.54) is 199 Å². The molecule has 0 aromatic rings. The monoisotopic (exact) mass is 780 g/mol. The molecule has 0 amide bonds. The number of carbonyl (C=O) groups excluding carboxylic acids is 1. The van der Waals surface area contributed by atoms with Gasteiger partial charge in [0.15, 0.2) is 5.11 Å². The second kappa shape index (κ2) is 41.7. The first-order valence-electron chi connectivity index (χ1n) is 24.2. The second-order valence-corrected chi connectivity index (χ2v) is 17.8. The number of hydrogen-bond acceptors (Lipinski definition) is 4. The fourth-order valence-corrected chi connectivity index (χ4v) is 7.87. The van der Waals surface area contributed by atoms with E-state index in [0.717, 1.165) is 43.4 Å². The van der Waals surface area contributed by atoms with Crippen LogP contribution in [0.2, 0.25) is 0 Å². The third-order valence-corrected chi connectivity index (χ3v) is 12.0. The van der Waals surface area contributed by atoms with E-state index in [0.29, 0.717) is 18.9 Å². The number of ether oxygens (including phenoxy) is 1. The highest BCUT2D eigenvalue weighted by Crippen LogP contribution is 2.25. The average molecular weight is 780 g/mol. The van der Waals surface area contributed by atoms with Gasteiger partial charge in [0.25, 0.3) is 0 Å². The van der Waals surface area contributed by atoms with E-state index in [1.807, 2.05) is 19.0 Å². The van der Waals surface area contributed by atoms with Gasteiger partial charge in [-0.05, 0) is 75.8 Å². The summed E-state index contributed by atoms with van der Waals surface area (Å²) in [7, 11) is 4.02. The molecule has 0 aromatic heterocycles. The first-order valence-corrected chi connectivity index (χ1v) is 24.6. The van der Waals surface area contributed by atoms with Crippen LogP contribution in [0.15, 0.2) is 0 Å². The van der Waals surface area contributed by atoms with Gasteiger partial charge in [-0.3, -0.25) is 4.79 Å². The Hall–Kier alpha value is -0.880. The molecular weight excluding hydrogens is 683 g/mol. The number of hydrogen-bond donors (Lipinski definition) is 1. The van der Waals surface area contributed by atoms with Crippen LogP contribution in [0.5, 0.6) is 0 Å². The van der Waals surface area contributed by atoms with Gasteiger partial charge >= 0.3 is 5.97 Å². The summed E-state index contributed by atoms with van der Waals surface area (Å²) < 4.78 is 5.59. The molecule has 0 spiro atoms. The summed E-state index contributed by atoms with van der Waals surface area (Å²) in [5.41, 5.74) is 0. The lowest BCUT2D eigenvalue weighted by Crippen LogP contribution is -2.36. The fraction of sp³-hybridized carbons (Fsp3) is 0.958. The molecule has 1 N–H and O–H groups in total. The Balaban J connectivity index is 4.37. The SMILES string of the molecule is CCCCCCCCC(CCCCCCCC)CCCCCCCN(CCCCCCCC(=O)OCC(C)CCCCCCC)CCCNC(=S)N(C)C. The van der Waals surface area contributed by atoms with Crippen molar-refractivity contribution in [2.75, 3.05) is 46.9 Å². The third kappa shape index (κ3) is 38.0. The number of unbranched alkanes of at least 4 members (excludes halogenated alkanes) is 22. The van der Waals surface area contributed by atoms with E-state index in [4.69, 9.17) is 17.0 Å². The van der Waals surface area contributed by atoms with Crippen molar-refractivity contribution in [2.45, 2.75) is 240 Å². The molecular formula is C48H97N3O2S. The summed E-state index contributed by atoms with van der Waals surface area (Å²) in [4.78, 5) is 17.0. The summed E-state index contributed by atoms with van der Waals surface area (Å²) >= 11 is 5.44. The number of nitrogens with zero attached hydrogens (tertiary/aromatic N) is 2. The van der Waals surface area contributed by atoms with Crippen LogP contribution in [0, 0.1) is 11.8 Å². The van der Waals surface area contributed by atoms with Gasteiger partial charge in [0.05, 0.1) is 6.61 Å². The minimum atomic E-state index is 0.00233. The van der Waals surface area contributed by atoms with Crippen LogP contribution in [0.1, 0.15) is 240 Å². The molecule has 1 atom stereocenters. The summed E-state index contributed by atoms with van der Waals surface area (Å²) in [5, 5.41) is 4.24. The molecule has 0 aliphatic rings. The molecule has 0 bridgehead atoms. The zero-order valence-corrected chi connectivity index (χ0v) is 38.5. The van der Waals surface area contributed by atoms with Crippen molar-refractivity contribution < 1.29 is 9.53 Å². The molecule has 0 heterocycles. The molecule has 0 aliphatic heterocycles. The smallest absolute Gasteiger partial charge is 0.305 e. The van der Waals surface area contributed by atoms with E-state index in [9.17, 15) is 4.79 Å². The van der Waals surface area contributed by atoms with E-state index >= 15 is 0 Å². The topological polar surface area (TPSA) is 44.8 Å². The Morgan fingerprint density at radius 3 is 1.39 bits per heavy atom. The number of nitrogens with one attached hydrogen (secondary N) is 1. The van der Waals surface area contributed by atoms with Crippen LogP contribution in [0.25, 0.3) is 0 Å². The molecule has 5 nitrogen and oxygen atoms in total. The van der Waals surface area contributed by atoms with Crippen molar-refractivity contribution in [3.05, 3.63) is 0 Å². The molecule has 0 rings (SSSR count). The zero-order valence-electron chi connectivity index (χ0n) is 37.6. The maximum atomic E-state index is 12.3. The first-order chi connectivity index (χ1) is 26.3. The molecule has 54 heavy (non-hydrogen) atoms. The van der Waals surface area contributed by atoms with Crippen molar-refractivity contribution in [1.82, 2.24) is 15.1 Å². The maximum Gasteiger partial charge on any atom is 0.305 e. The molecule has 0 aromatic carbocycles. The quantitative estimate of drug-likeness (QED) is 0.0378. The van der Waals surface area contributed by atoms with Gasteiger partial charge in [0.1, 0.15) is 0 Å². The van der Waals surface area contributed by atoms with Gasteiger partial charge in [-0.15, -0.1) is 0 Å². The lowest BCUT2D eigenvalue weighted by Gasteiger charge is -2.23. The number of esters is 1. The van der Waals surface area contributed by atoms with Gasteiger partial charge < -0.3 is 19.9 Å². The van der Waals surface area contributed by atoms with Gasteiger partial charge in [-0.2, -0.15) is 0 Å².